The minimum atomic E-state index is -0.722. The van der Waals surface area contributed by atoms with Crippen LogP contribution in [0.25, 0.3) is 22.0 Å². The van der Waals surface area contributed by atoms with E-state index in [2.05, 4.69) is 29.1 Å². The van der Waals surface area contributed by atoms with Crippen LogP contribution in [0.4, 0.5) is 13.6 Å². The molecule has 2 aromatic heterocycles. The van der Waals surface area contributed by atoms with E-state index in [4.69, 9.17) is 21.1 Å². The topological polar surface area (TPSA) is 73.3 Å². The van der Waals surface area contributed by atoms with E-state index >= 15 is 0 Å². The second-order valence-corrected chi connectivity index (χ2v) is 10.6. The quantitative estimate of drug-likeness (QED) is 0.337. The van der Waals surface area contributed by atoms with Crippen LogP contribution in [0.5, 0.6) is 5.88 Å². The Morgan fingerprint density at radius 2 is 1.83 bits per heavy atom. The summed E-state index contributed by atoms with van der Waals surface area (Å²) >= 11 is 6.53. The monoisotopic (exact) mass is 519 g/mol. The Morgan fingerprint density at radius 3 is 2.47 bits per heavy atom. The number of hydrogen-bond acceptors (Lipinski definition) is 5. The number of pyridine rings is 2. The fourth-order valence-electron chi connectivity index (χ4n) is 3.74. The lowest BCUT2D eigenvalue weighted by molar-refractivity contribution is 0.0444. The number of nitrogens with one attached hydrogen (secondary N) is 1. The summed E-state index contributed by atoms with van der Waals surface area (Å²) in [6.07, 6.45) is 3.55. The molecule has 0 saturated heterocycles. The van der Waals surface area contributed by atoms with E-state index in [1.807, 2.05) is 6.92 Å². The van der Waals surface area contributed by atoms with Gasteiger partial charge in [0.15, 0.2) is 0 Å². The van der Waals surface area contributed by atoms with Crippen molar-refractivity contribution >= 4 is 28.6 Å². The summed E-state index contributed by atoms with van der Waals surface area (Å²) in [6.45, 7) is 11.4. The van der Waals surface area contributed by atoms with Crippen LogP contribution in [-0.2, 0) is 4.74 Å². The van der Waals surface area contributed by atoms with Gasteiger partial charge in [-0.1, -0.05) is 25.4 Å². The van der Waals surface area contributed by atoms with E-state index in [1.54, 1.807) is 32.9 Å². The number of carbonyl (C=O) groups excluding carboxylic acids is 1. The molecular weight excluding hydrogens is 488 g/mol. The van der Waals surface area contributed by atoms with Gasteiger partial charge in [0.2, 0.25) is 5.88 Å². The van der Waals surface area contributed by atoms with Crippen molar-refractivity contribution in [1.29, 1.82) is 0 Å². The molecule has 9 heteroatoms. The maximum absolute atomic E-state index is 14.6. The summed E-state index contributed by atoms with van der Waals surface area (Å²) in [5.41, 5.74) is 0.581. The average Bonchev–Trinajstić information content (AvgIpc) is 2.75. The highest BCUT2D eigenvalue weighted by Crippen LogP contribution is 2.34. The number of halogens is 3. The van der Waals surface area contributed by atoms with Gasteiger partial charge in [0.25, 0.3) is 0 Å². The van der Waals surface area contributed by atoms with Crippen molar-refractivity contribution in [1.82, 2.24) is 15.3 Å². The largest absolute Gasteiger partial charge is 0.471 e. The van der Waals surface area contributed by atoms with Crippen LogP contribution in [0.1, 0.15) is 54.4 Å². The first-order chi connectivity index (χ1) is 16.8. The molecule has 0 saturated carbocycles. The Morgan fingerprint density at radius 1 is 1.11 bits per heavy atom. The second kappa shape index (κ2) is 11.4. The number of hydrogen-bond donors (Lipinski definition) is 1. The third-order valence-electron chi connectivity index (χ3n) is 5.47. The number of ether oxygens (including phenoxy) is 2. The third kappa shape index (κ3) is 7.26. The van der Waals surface area contributed by atoms with Gasteiger partial charge in [0.1, 0.15) is 28.4 Å². The Labute approximate surface area is 215 Å². The van der Waals surface area contributed by atoms with Crippen LogP contribution in [0.2, 0.25) is 5.02 Å². The molecule has 0 fully saturated rings. The number of fused-ring (bicyclic) bond motifs is 1. The van der Waals surface area contributed by atoms with Crippen molar-refractivity contribution < 1.29 is 23.0 Å². The maximum Gasteiger partial charge on any atom is 0.407 e. The molecule has 0 aliphatic carbocycles. The van der Waals surface area contributed by atoms with Crippen molar-refractivity contribution in [2.45, 2.75) is 72.1 Å². The molecule has 0 radical (unpaired) electrons. The van der Waals surface area contributed by atoms with Crippen molar-refractivity contribution in [3.8, 4) is 17.0 Å². The fourth-order valence-corrected chi connectivity index (χ4v) is 3.95. The van der Waals surface area contributed by atoms with E-state index in [1.165, 1.54) is 18.5 Å². The summed E-state index contributed by atoms with van der Waals surface area (Å²) in [7, 11) is 0. The fraction of sp³-hybridized carbons (Fsp3) is 0.444. The zero-order valence-corrected chi connectivity index (χ0v) is 22.1. The highest BCUT2D eigenvalue weighted by Gasteiger charge is 2.26. The molecule has 0 spiro atoms. The molecule has 1 aromatic carbocycles. The standard InChI is InChI=1S/C27H32ClF2N3O3/c1-15(2)7-8-23(16(3)33-26(34)36-27(4,5)6)35-25-20(28)11-17(14-32-25)19-9-10-31-22-13-18(29)12-21(30)24(19)22/h9-16,23H,7-8H2,1-6H3,(H,33,34). The van der Waals surface area contributed by atoms with Crippen LogP contribution in [0.15, 0.2) is 36.7 Å². The first-order valence-electron chi connectivity index (χ1n) is 11.9. The number of carbonyl (C=O) groups is 1. The molecule has 0 bridgehead atoms. The van der Waals surface area contributed by atoms with Gasteiger partial charge >= 0.3 is 6.09 Å². The summed E-state index contributed by atoms with van der Waals surface area (Å²) in [4.78, 5) is 20.7. The first kappa shape index (κ1) is 27.6. The number of amides is 1. The number of aromatic nitrogens is 2. The minimum Gasteiger partial charge on any atom is -0.471 e. The van der Waals surface area contributed by atoms with E-state index in [9.17, 15) is 13.6 Å². The van der Waals surface area contributed by atoms with Crippen LogP contribution in [-0.4, -0.2) is 33.8 Å². The second-order valence-electron chi connectivity index (χ2n) is 10.2. The Hall–Kier alpha value is -3.00. The molecule has 2 atom stereocenters. The van der Waals surface area contributed by atoms with Gasteiger partial charge in [-0.15, -0.1) is 0 Å². The van der Waals surface area contributed by atoms with E-state index in [-0.39, 0.29) is 27.8 Å². The zero-order chi connectivity index (χ0) is 26.6. The Kier molecular flexibility index (Phi) is 8.71. The molecule has 3 aromatic rings. The van der Waals surface area contributed by atoms with Crippen molar-refractivity contribution in [3.05, 3.63) is 53.3 Å². The predicted molar refractivity (Wildman–Crippen MR) is 137 cm³/mol. The molecule has 194 valence electrons. The van der Waals surface area contributed by atoms with Gasteiger partial charge in [0, 0.05) is 35.5 Å². The van der Waals surface area contributed by atoms with E-state index in [0.29, 0.717) is 23.5 Å². The van der Waals surface area contributed by atoms with Crippen LogP contribution < -0.4 is 10.1 Å². The van der Waals surface area contributed by atoms with Crippen LogP contribution >= 0.6 is 11.6 Å². The number of benzene rings is 1. The predicted octanol–water partition coefficient (Wildman–Crippen LogP) is 7.33. The number of alkyl carbamates (subject to hydrolysis) is 1. The Bertz CT molecular complexity index is 1230. The number of rotatable bonds is 8. The van der Waals surface area contributed by atoms with Gasteiger partial charge in [-0.05, 0) is 64.2 Å². The molecule has 0 aliphatic rings. The highest BCUT2D eigenvalue weighted by atomic mass is 35.5. The molecule has 3 rings (SSSR count). The van der Waals surface area contributed by atoms with E-state index < -0.39 is 29.4 Å². The van der Waals surface area contributed by atoms with Gasteiger partial charge in [0.05, 0.1) is 11.6 Å². The summed E-state index contributed by atoms with van der Waals surface area (Å²) in [5.74, 6) is -0.807. The highest BCUT2D eigenvalue weighted by molar-refractivity contribution is 6.32. The van der Waals surface area contributed by atoms with Crippen molar-refractivity contribution in [3.63, 3.8) is 0 Å². The normalized spacial score (nSPS) is 13.5. The number of nitrogens with zero attached hydrogens (tertiary/aromatic N) is 2. The van der Waals surface area contributed by atoms with Crippen molar-refractivity contribution in [2.24, 2.45) is 5.92 Å². The zero-order valence-electron chi connectivity index (χ0n) is 21.4. The molecule has 36 heavy (non-hydrogen) atoms. The van der Waals surface area contributed by atoms with Gasteiger partial charge in [-0.3, -0.25) is 4.98 Å². The smallest absolute Gasteiger partial charge is 0.407 e. The third-order valence-corrected chi connectivity index (χ3v) is 5.74. The lowest BCUT2D eigenvalue weighted by Gasteiger charge is -2.28. The van der Waals surface area contributed by atoms with Crippen molar-refractivity contribution in [2.75, 3.05) is 0 Å². The molecule has 1 N–H and O–H groups in total. The van der Waals surface area contributed by atoms with Gasteiger partial charge in [-0.25, -0.2) is 18.6 Å². The molecule has 1 amide bonds. The minimum absolute atomic E-state index is 0.176. The molecule has 0 aliphatic heterocycles. The lowest BCUT2D eigenvalue weighted by atomic mass is 10.0. The Balaban J connectivity index is 1.86. The lowest BCUT2D eigenvalue weighted by Crippen LogP contribution is -2.46. The van der Waals surface area contributed by atoms with Crippen LogP contribution in [0, 0.1) is 17.6 Å². The van der Waals surface area contributed by atoms with Crippen LogP contribution in [0.3, 0.4) is 0 Å². The first-order valence-corrected chi connectivity index (χ1v) is 12.3. The average molecular weight is 520 g/mol. The summed E-state index contributed by atoms with van der Waals surface area (Å²) in [6, 6.07) is 4.84. The van der Waals surface area contributed by atoms with E-state index in [0.717, 1.165) is 12.5 Å². The summed E-state index contributed by atoms with van der Waals surface area (Å²) < 4.78 is 39.8. The summed E-state index contributed by atoms with van der Waals surface area (Å²) in [5, 5.41) is 3.23. The SMILES string of the molecule is CC(C)CCC(Oc1ncc(-c2ccnc3cc(F)cc(F)c23)cc1Cl)C(C)NC(=O)OC(C)(C)C. The maximum atomic E-state index is 14.6. The molecule has 2 unspecified atom stereocenters. The molecule has 6 nitrogen and oxygen atoms in total. The van der Waals surface area contributed by atoms with Gasteiger partial charge < -0.3 is 14.8 Å². The van der Waals surface area contributed by atoms with Gasteiger partial charge in [-0.2, -0.15) is 0 Å². The molecule has 2 heterocycles. The molecular formula is C27H32ClF2N3O3.